The molecule has 4 rings (SSSR count). The van der Waals surface area contributed by atoms with Crippen LogP contribution in [0.2, 0.25) is 0 Å². The molecular formula is C29H41N3O6. The van der Waals surface area contributed by atoms with Crippen molar-refractivity contribution in [2.45, 2.75) is 90.9 Å². The number of amides is 2. The zero-order chi connectivity index (χ0) is 28.2. The molecule has 0 bridgehead atoms. The standard InChI is InChI=1S/C29H41N3O6/c1-18-9-10-20-21(15-18)32(26(36)38-28(6,7)8)24-22(16-33)31(19(2)34)17-29(23(20)24)11-13-30(14-12-29)25(35)37-27(3,4)5/h9-10,15,22,33H,11-14,16-17H2,1-8H3/t22-/m0/s1. The van der Waals surface area contributed by atoms with E-state index >= 15 is 0 Å². The van der Waals surface area contributed by atoms with Gasteiger partial charge in [0.1, 0.15) is 11.2 Å². The van der Waals surface area contributed by atoms with Crippen molar-refractivity contribution in [1.29, 1.82) is 0 Å². The number of rotatable bonds is 1. The number of aliphatic hydroxyl groups is 1. The summed E-state index contributed by atoms with van der Waals surface area (Å²) in [4.78, 5) is 42.8. The van der Waals surface area contributed by atoms with Gasteiger partial charge in [0.2, 0.25) is 5.91 Å². The lowest BCUT2D eigenvalue weighted by molar-refractivity contribution is -0.135. The van der Waals surface area contributed by atoms with Gasteiger partial charge >= 0.3 is 12.2 Å². The van der Waals surface area contributed by atoms with Crippen LogP contribution in [0.3, 0.4) is 0 Å². The molecule has 208 valence electrons. The van der Waals surface area contributed by atoms with Gasteiger partial charge in [-0.2, -0.15) is 0 Å². The van der Waals surface area contributed by atoms with Crippen LogP contribution in [0.4, 0.5) is 9.59 Å². The first-order chi connectivity index (χ1) is 17.6. The highest BCUT2D eigenvalue weighted by atomic mass is 16.6. The van der Waals surface area contributed by atoms with Gasteiger partial charge in [-0.3, -0.25) is 4.79 Å². The number of aliphatic hydroxyl groups excluding tert-OH is 1. The molecule has 1 aromatic carbocycles. The van der Waals surface area contributed by atoms with Gasteiger partial charge in [0, 0.05) is 37.4 Å². The lowest BCUT2D eigenvalue weighted by Gasteiger charge is -2.50. The Morgan fingerprint density at radius 2 is 1.58 bits per heavy atom. The maximum absolute atomic E-state index is 13.7. The number of nitrogens with zero attached hydrogens (tertiary/aromatic N) is 3. The van der Waals surface area contributed by atoms with Gasteiger partial charge in [-0.25, -0.2) is 14.2 Å². The van der Waals surface area contributed by atoms with Crippen molar-refractivity contribution < 1.29 is 29.0 Å². The molecule has 1 spiro atoms. The molecule has 0 radical (unpaired) electrons. The molecule has 1 aromatic heterocycles. The summed E-state index contributed by atoms with van der Waals surface area (Å²) in [6.45, 7) is 15.4. The Balaban J connectivity index is 1.89. The summed E-state index contributed by atoms with van der Waals surface area (Å²) in [5, 5.41) is 11.5. The van der Waals surface area contributed by atoms with Crippen molar-refractivity contribution in [3.63, 3.8) is 0 Å². The van der Waals surface area contributed by atoms with Crippen LogP contribution in [0, 0.1) is 6.92 Å². The Bertz CT molecular complexity index is 1260. The third kappa shape index (κ3) is 5.13. The van der Waals surface area contributed by atoms with Gasteiger partial charge < -0.3 is 24.4 Å². The molecule has 38 heavy (non-hydrogen) atoms. The van der Waals surface area contributed by atoms with Crippen LogP contribution in [-0.4, -0.2) is 75.0 Å². The average molecular weight is 528 g/mol. The number of fused-ring (bicyclic) bond motifs is 4. The normalized spacial score (nSPS) is 19.4. The monoisotopic (exact) mass is 527 g/mol. The third-order valence-corrected chi connectivity index (χ3v) is 7.38. The molecule has 1 fully saturated rings. The van der Waals surface area contributed by atoms with E-state index < -0.39 is 28.8 Å². The molecule has 2 amide bonds. The second-order valence-corrected chi connectivity index (χ2v) is 12.7. The van der Waals surface area contributed by atoms with Gasteiger partial charge in [-0.1, -0.05) is 12.1 Å². The van der Waals surface area contributed by atoms with Gasteiger partial charge in [-0.15, -0.1) is 0 Å². The van der Waals surface area contributed by atoms with Crippen molar-refractivity contribution in [2.24, 2.45) is 0 Å². The zero-order valence-electron chi connectivity index (χ0n) is 23.9. The second-order valence-electron chi connectivity index (χ2n) is 12.7. The zero-order valence-corrected chi connectivity index (χ0v) is 23.9. The smallest absolute Gasteiger partial charge is 0.419 e. The van der Waals surface area contributed by atoms with E-state index in [2.05, 4.69) is 0 Å². The molecule has 3 heterocycles. The predicted octanol–water partition coefficient (Wildman–Crippen LogP) is 4.90. The third-order valence-electron chi connectivity index (χ3n) is 7.38. The van der Waals surface area contributed by atoms with Gasteiger partial charge in [0.05, 0.1) is 23.9 Å². The summed E-state index contributed by atoms with van der Waals surface area (Å²) in [5.41, 5.74) is 1.39. The molecule has 1 N–H and O–H groups in total. The minimum absolute atomic E-state index is 0.180. The van der Waals surface area contributed by atoms with Gasteiger partial charge in [0.25, 0.3) is 0 Å². The second kappa shape index (κ2) is 9.59. The van der Waals surface area contributed by atoms with Crippen molar-refractivity contribution in [3.05, 3.63) is 35.0 Å². The Hall–Kier alpha value is -3.07. The molecule has 9 heteroatoms. The Morgan fingerprint density at radius 3 is 2.11 bits per heavy atom. The van der Waals surface area contributed by atoms with Gasteiger partial charge in [0.15, 0.2) is 0 Å². The molecule has 2 aliphatic heterocycles. The fourth-order valence-corrected chi connectivity index (χ4v) is 5.83. The number of carbonyl (C=O) groups excluding carboxylic acids is 3. The van der Waals surface area contributed by atoms with E-state index in [1.165, 1.54) is 6.92 Å². The Labute approximate surface area is 224 Å². The maximum Gasteiger partial charge on any atom is 0.419 e. The summed E-state index contributed by atoms with van der Waals surface area (Å²) in [6, 6.07) is 5.28. The highest BCUT2D eigenvalue weighted by Crippen LogP contribution is 2.50. The van der Waals surface area contributed by atoms with Crippen LogP contribution in [0.1, 0.15) is 84.2 Å². The van der Waals surface area contributed by atoms with Crippen molar-refractivity contribution in [3.8, 4) is 0 Å². The fraction of sp³-hybridized carbons (Fsp3) is 0.621. The Morgan fingerprint density at radius 1 is 1.00 bits per heavy atom. The molecule has 2 aliphatic rings. The predicted molar refractivity (Wildman–Crippen MR) is 144 cm³/mol. The molecule has 1 saturated heterocycles. The van der Waals surface area contributed by atoms with Crippen LogP contribution >= 0.6 is 0 Å². The van der Waals surface area contributed by atoms with E-state index in [-0.39, 0.29) is 18.6 Å². The minimum atomic E-state index is -0.732. The van der Waals surface area contributed by atoms with Crippen molar-refractivity contribution in [2.75, 3.05) is 26.2 Å². The SMILES string of the molecule is CC(=O)N1CC2(CCN(C(=O)OC(C)(C)C)CC2)c2c(n(C(=O)OC(C)(C)C)c3cc(C)ccc23)[C@@H]1CO. The first kappa shape index (κ1) is 28.0. The van der Waals surface area contributed by atoms with E-state index in [0.29, 0.717) is 43.7 Å². The van der Waals surface area contributed by atoms with Crippen LogP contribution in [-0.2, 0) is 19.7 Å². The summed E-state index contributed by atoms with van der Waals surface area (Å²) in [7, 11) is 0. The highest BCUT2D eigenvalue weighted by Gasteiger charge is 2.50. The summed E-state index contributed by atoms with van der Waals surface area (Å²) >= 11 is 0. The first-order valence-corrected chi connectivity index (χ1v) is 13.3. The van der Waals surface area contributed by atoms with E-state index in [1.807, 2.05) is 66.7 Å². The number of ether oxygens (including phenoxy) is 2. The summed E-state index contributed by atoms with van der Waals surface area (Å²) < 4.78 is 13.0. The maximum atomic E-state index is 13.7. The first-order valence-electron chi connectivity index (χ1n) is 13.3. The molecule has 1 atom stereocenters. The largest absolute Gasteiger partial charge is 0.444 e. The van der Waals surface area contributed by atoms with Gasteiger partial charge in [-0.05, 0) is 78.5 Å². The molecule has 0 unspecified atom stereocenters. The molecular weight excluding hydrogens is 486 g/mol. The lowest BCUT2D eigenvalue weighted by Crippen LogP contribution is -2.56. The number of likely N-dealkylation sites (tertiary alicyclic amines) is 1. The van der Waals surface area contributed by atoms with Crippen LogP contribution in [0.25, 0.3) is 10.9 Å². The van der Waals surface area contributed by atoms with E-state index in [1.54, 1.807) is 14.4 Å². The number of carbonyl (C=O) groups is 3. The topological polar surface area (TPSA) is 101 Å². The number of aromatic nitrogens is 1. The molecule has 9 nitrogen and oxygen atoms in total. The average Bonchev–Trinajstić information content (AvgIpc) is 3.12. The fourth-order valence-electron chi connectivity index (χ4n) is 5.83. The lowest BCUT2D eigenvalue weighted by atomic mass is 9.68. The Kier molecular flexibility index (Phi) is 7.06. The molecule has 0 aliphatic carbocycles. The van der Waals surface area contributed by atoms with E-state index in [0.717, 1.165) is 16.5 Å². The number of piperidine rings is 1. The summed E-state index contributed by atoms with van der Waals surface area (Å²) in [5.74, 6) is -0.180. The quantitative estimate of drug-likeness (QED) is 0.566. The van der Waals surface area contributed by atoms with Crippen LogP contribution in [0.5, 0.6) is 0 Å². The molecule has 0 saturated carbocycles. The van der Waals surface area contributed by atoms with E-state index in [9.17, 15) is 19.5 Å². The van der Waals surface area contributed by atoms with E-state index in [4.69, 9.17) is 9.47 Å². The number of hydrogen-bond acceptors (Lipinski definition) is 6. The minimum Gasteiger partial charge on any atom is -0.444 e. The highest BCUT2D eigenvalue weighted by molar-refractivity contribution is 5.96. The summed E-state index contributed by atoms with van der Waals surface area (Å²) in [6.07, 6.45) is 0.275. The van der Waals surface area contributed by atoms with Crippen molar-refractivity contribution in [1.82, 2.24) is 14.4 Å². The van der Waals surface area contributed by atoms with Crippen LogP contribution in [0.15, 0.2) is 18.2 Å². The van der Waals surface area contributed by atoms with Crippen LogP contribution < -0.4 is 0 Å². The number of aryl methyl sites for hydroxylation is 1. The molecule has 2 aromatic rings. The van der Waals surface area contributed by atoms with Crippen molar-refractivity contribution >= 4 is 29.0 Å². The number of hydrogen-bond donors (Lipinski definition) is 1. The number of benzene rings is 1.